The minimum Gasteiger partial charge on any atom is -0.330 e. The zero-order valence-corrected chi connectivity index (χ0v) is 23.0. The Bertz CT molecular complexity index is 1490. The maximum atomic E-state index is 13.6. The molecule has 1 aliphatic rings. The van der Waals surface area contributed by atoms with E-state index < -0.39 is 23.5 Å². The van der Waals surface area contributed by atoms with E-state index in [0.29, 0.717) is 18.9 Å². The summed E-state index contributed by atoms with van der Waals surface area (Å²) in [5, 5.41) is 13.0. The molecule has 0 saturated heterocycles. The first-order valence-corrected chi connectivity index (χ1v) is 13.8. The molecule has 1 saturated carbocycles. The maximum absolute atomic E-state index is 13.6. The minimum atomic E-state index is -4.96. The van der Waals surface area contributed by atoms with Crippen molar-refractivity contribution in [2.75, 3.05) is 11.4 Å². The van der Waals surface area contributed by atoms with Crippen LogP contribution < -0.4 is 10.6 Å². The zero-order valence-electron chi connectivity index (χ0n) is 23.0. The Morgan fingerprint density at radius 2 is 1.62 bits per heavy atom. The lowest BCUT2D eigenvalue weighted by Crippen LogP contribution is -2.26. The Morgan fingerprint density at radius 1 is 0.952 bits per heavy atom. The van der Waals surface area contributed by atoms with Crippen LogP contribution in [-0.4, -0.2) is 31.7 Å². The van der Waals surface area contributed by atoms with Crippen molar-refractivity contribution < 1.29 is 26.3 Å². The van der Waals surface area contributed by atoms with Gasteiger partial charge < -0.3 is 10.6 Å². The second-order valence-electron chi connectivity index (χ2n) is 10.8. The van der Waals surface area contributed by atoms with Crippen molar-refractivity contribution in [3.63, 3.8) is 0 Å². The van der Waals surface area contributed by atoms with Gasteiger partial charge in [0.2, 0.25) is 0 Å². The summed E-state index contributed by atoms with van der Waals surface area (Å²) < 4.78 is 81.7. The fourth-order valence-electron chi connectivity index (χ4n) is 5.89. The van der Waals surface area contributed by atoms with Gasteiger partial charge in [0.05, 0.1) is 23.7 Å². The van der Waals surface area contributed by atoms with Crippen molar-refractivity contribution in [3.8, 4) is 0 Å². The summed E-state index contributed by atoms with van der Waals surface area (Å²) in [5.41, 5.74) is 5.52. The van der Waals surface area contributed by atoms with E-state index in [2.05, 4.69) is 15.4 Å². The SMILES string of the molecule is Cn1nnc(N(Cc2cc(C(F)(F)F)cc(C(F)(F)F)c2)Cc2cc3ccccc3nc2C(CCN)C2CCCC2)n1. The number of aryl methyl sites for hydroxylation is 1. The number of pyridine rings is 1. The second-order valence-corrected chi connectivity index (χ2v) is 10.8. The number of rotatable bonds is 9. The average Bonchev–Trinajstić information content (AvgIpc) is 3.62. The van der Waals surface area contributed by atoms with Gasteiger partial charge in [0.15, 0.2) is 0 Å². The molecule has 13 heteroatoms. The highest BCUT2D eigenvalue weighted by molar-refractivity contribution is 5.79. The van der Waals surface area contributed by atoms with Gasteiger partial charge in [-0.05, 0) is 78.4 Å². The maximum Gasteiger partial charge on any atom is 0.416 e. The number of hydrogen-bond donors (Lipinski definition) is 1. The van der Waals surface area contributed by atoms with Crippen LogP contribution in [0.5, 0.6) is 0 Å². The van der Waals surface area contributed by atoms with Gasteiger partial charge in [0.25, 0.3) is 5.95 Å². The average molecular weight is 592 g/mol. The van der Waals surface area contributed by atoms with Gasteiger partial charge in [0.1, 0.15) is 0 Å². The Labute approximate surface area is 238 Å². The predicted molar refractivity (Wildman–Crippen MR) is 145 cm³/mol. The van der Waals surface area contributed by atoms with E-state index in [1.54, 1.807) is 0 Å². The van der Waals surface area contributed by atoms with Crippen molar-refractivity contribution in [2.45, 2.75) is 63.5 Å². The summed E-state index contributed by atoms with van der Waals surface area (Å²) in [4.78, 5) is 7.77. The van der Waals surface area contributed by atoms with Gasteiger partial charge in [-0.25, -0.2) is 0 Å². The van der Waals surface area contributed by atoms with E-state index in [0.717, 1.165) is 60.0 Å². The lowest BCUT2D eigenvalue weighted by atomic mass is 9.83. The predicted octanol–water partition coefficient (Wildman–Crippen LogP) is 6.63. The van der Waals surface area contributed by atoms with E-state index in [1.807, 2.05) is 30.3 Å². The van der Waals surface area contributed by atoms with Gasteiger partial charge in [-0.3, -0.25) is 4.98 Å². The van der Waals surface area contributed by atoms with Gasteiger partial charge in [-0.2, -0.15) is 31.1 Å². The molecule has 7 nitrogen and oxygen atoms in total. The minimum absolute atomic E-state index is 0.0548. The van der Waals surface area contributed by atoms with Crippen LogP contribution in [-0.2, 0) is 32.5 Å². The molecule has 2 aromatic heterocycles. The number of para-hydroxylation sites is 1. The highest BCUT2D eigenvalue weighted by Crippen LogP contribution is 2.41. The van der Waals surface area contributed by atoms with Crippen molar-refractivity contribution in [1.82, 2.24) is 25.2 Å². The number of benzene rings is 2. The van der Waals surface area contributed by atoms with Gasteiger partial charge in [-0.1, -0.05) is 36.1 Å². The first-order chi connectivity index (χ1) is 19.9. The third-order valence-electron chi connectivity index (χ3n) is 7.80. The van der Waals surface area contributed by atoms with E-state index >= 15 is 0 Å². The largest absolute Gasteiger partial charge is 0.416 e. The molecule has 2 heterocycles. The van der Waals surface area contributed by atoms with E-state index in [-0.39, 0.29) is 36.6 Å². The normalized spacial score (nSPS) is 15.4. The smallest absolute Gasteiger partial charge is 0.330 e. The number of nitrogens with two attached hydrogens (primary N) is 1. The topological polar surface area (TPSA) is 85.8 Å². The number of fused-ring (bicyclic) bond motifs is 1. The molecular weight excluding hydrogens is 560 g/mol. The molecule has 0 amide bonds. The first kappa shape index (κ1) is 29.7. The summed E-state index contributed by atoms with van der Waals surface area (Å²) in [6.45, 7) is 0.217. The molecule has 42 heavy (non-hydrogen) atoms. The summed E-state index contributed by atoms with van der Waals surface area (Å²) in [5.74, 6) is 0.500. The molecule has 224 valence electrons. The Balaban J connectivity index is 1.61. The van der Waals surface area contributed by atoms with E-state index in [1.165, 1.54) is 16.7 Å². The van der Waals surface area contributed by atoms with Gasteiger partial charge in [-0.15, -0.1) is 5.10 Å². The monoisotopic (exact) mass is 591 g/mol. The highest BCUT2D eigenvalue weighted by Gasteiger charge is 2.37. The van der Waals surface area contributed by atoms with Crippen LogP contribution in [0.1, 0.15) is 66.0 Å². The summed E-state index contributed by atoms with van der Waals surface area (Å²) in [7, 11) is 1.53. The molecule has 0 bridgehead atoms. The molecule has 1 atom stereocenters. The lowest BCUT2D eigenvalue weighted by Gasteiger charge is -2.28. The highest BCUT2D eigenvalue weighted by atomic mass is 19.4. The molecular formula is C29H31F6N7. The number of nitrogens with zero attached hydrogens (tertiary/aromatic N) is 6. The summed E-state index contributed by atoms with van der Waals surface area (Å²) in [6.07, 6.45) is -4.91. The quantitative estimate of drug-likeness (QED) is 0.220. The van der Waals surface area contributed by atoms with Gasteiger partial charge in [0, 0.05) is 30.1 Å². The Hall–Kier alpha value is -3.74. The number of alkyl halides is 6. The van der Waals surface area contributed by atoms with E-state index in [9.17, 15) is 26.3 Å². The standard InChI is InChI=1S/C29H31F6N7/c1-41-39-27(38-40-41)42(16-18-12-22(28(30,31)32)15-23(13-18)29(33,34)35)17-21-14-20-8-4-5-9-25(20)37-26(21)24(10-11-36)19-6-2-3-7-19/h4-5,8-9,12-15,19,24H,2-3,6-7,10-11,16-17,36H2,1H3. The Morgan fingerprint density at radius 3 is 2.21 bits per heavy atom. The van der Waals surface area contributed by atoms with Crippen LogP contribution in [0.15, 0.2) is 48.5 Å². The third kappa shape index (κ3) is 6.66. The molecule has 0 aliphatic heterocycles. The third-order valence-corrected chi connectivity index (χ3v) is 7.80. The molecule has 1 fully saturated rings. The number of tetrazole rings is 1. The van der Waals surface area contributed by atoms with Crippen molar-refractivity contribution in [3.05, 3.63) is 76.5 Å². The van der Waals surface area contributed by atoms with Crippen molar-refractivity contribution in [1.29, 1.82) is 0 Å². The van der Waals surface area contributed by atoms with Crippen LogP contribution >= 0.6 is 0 Å². The molecule has 0 spiro atoms. The van der Waals surface area contributed by atoms with Crippen LogP contribution in [0.25, 0.3) is 10.9 Å². The van der Waals surface area contributed by atoms with Gasteiger partial charge >= 0.3 is 12.4 Å². The molecule has 1 aliphatic carbocycles. The number of aromatic nitrogens is 5. The summed E-state index contributed by atoms with van der Waals surface area (Å²) >= 11 is 0. The van der Waals surface area contributed by atoms with Crippen LogP contribution in [0, 0.1) is 5.92 Å². The zero-order chi connectivity index (χ0) is 30.1. The Kier molecular flexibility index (Phi) is 8.40. The van der Waals surface area contributed by atoms with Crippen LogP contribution in [0.3, 0.4) is 0 Å². The molecule has 2 N–H and O–H groups in total. The molecule has 2 aromatic carbocycles. The number of halogens is 6. The molecule has 0 radical (unpaired) electrons. The first-order valence-electron chi connectivity index (χ1n) is 13.8. The molecule has 1 unspecified atom stereocenters. The van der Waals surface area contributed by atoms with Crippen molar-refractivity contribution >= 4 is 16.9 Å². The van der Waals surface area contributed by atoms with Crippen molar-refractivity contribution in [2.24, 2.45) is 18.7 Å². The summed E-state index contributed by atoms with van der Waals surface area (Å²) in [6, 6.07) is 11.2. The molecule has 4 aromatic rings. The number of hydrogen-bond acceptors (Lipinski definition) is 6. The van der Waals surface area contributed by atoms with E-state index in [4.69, 9.17) is 10.7 Å². The number of anilines is 1. The van der Waals surface area contributed by atoms with Crippen LogP contribution in [0.2, 0.25) is 0 Å². The fraction of sp³-hybridized carbons (Fsp3) is 0.448. The lowest BCUT2D eigenvalue weighted by molar-refractivity contribution is -0.143. The fourth-order valence-corrected chi connectivity index (χ4v) is 5.89. The second kappa shape index (κ2) is 11.9. The van der Waals surface area contributed by atoms with Crippen LogP contribution in [0.4, 0.5) is 32.3 Å². The molecule has 5 rings (SSSR count).